The van der Waals surface area contributed by atoms with Crippen LogP contribution in [-0.4, -0.2) is 43.7 Å². The number of nitro groups is 1. The first kappa shape index (κ1) is 15.7. The van der Waals surface area contributed by atoms with Crippen molar-refractivity contribution in [3.63, 3.8) is 0 Å². The molecule has 22 heavy (non-hydrogen) atoms. The number of hydrogen-bond acceptors (Lipinski definition) is 7. The fourth-order valence-corrected chi connectivity index (χ4v) is 2.35. The third-order valence-electron chi connectivity index (χ3n) is 2.75. The molecule has 0 saturated carbocycles. The molecule has 0 unspecified atom stereocenters. The predicted octanol–water partition coefficient (Wildman–Crippen LogP) is 0.269. The van der Waals surface area contributed by atoms with Crippen LogP contribution in [0.25, 0.3) is 11.0 Å². The molecule has 0 bridgehead atoms. The SMILES string of the molecule is CN(C)c1cc2nc(NS(C)(=O)=O)c(=O)[nH]c2cc1[N+](=O)[O-]. The van der Waals surface area contributed by atoms with E-state index in [-0.39, 0.29) is 22.4 Å². The average Bonchev–Trinajstić information content (AvgIpc) is 2.36. The minimum Gasteiger partial charge on any atom is -0.372 e. The smallest absolute Gasteiger partial charge is 0.294 e. The van der Waals surface area contributed by atoms with E-state index in [1.54, 1.807) is 14.1 Å². The minimum atomic E-state index is -3.67. The van der Waals surface area contributed by atoms with Gasteiger partial charge in [0.15, 0.2) is 0 Å². The first-order valence-corrected chi connectivity index (χ1v) is 7.85. The Kier molecular flexibility index (Phi) is 3.75. The summed E-state index contributed by atoms with van der Waals surface area (Å²) in [6, 6.07) is 2.58. The minimum absolute atomic E-state index is 0.140. The van der Waals surface area contributed by atoms with E-state index >= 15 is 0 Å². The molecular formula is C11H13N5O5S. The monoisotopic (exact) mass is 327 g/mol. The third-order valence-corrected chi connectivity index (χ3v) is 3.31. The average molecular weight is 327 g/mol. The number of H-pyrrole nitrogens is 1. The van der Waals surface area contributed by atoms with Gasteiger partial charge in [0.2, 0.25) is 15.8 Å². The van der Waals surface area contributed by atoms with Gasteiger partial charge < -0.3 is 9.88 Å². The molecule has 1 aromatic carbocycles. The molecule has 11 heteroatoms. The molecule has 1 aromatic heterocycles. The summed E-state index contributed by atoms with van der Waals surface area (Å²) in [5.74, 6) is -0.395. The van der Waals surface area contributed by atoms with Crippen LogP contribution in [0.3, 0.4) is 0 Å². The van der Waals surface area contributed by atoms with Gasteiger partial charge in [0.05, 0.1) is 22.2 Å². The van der Waals surface area contributed by atoms with Crippen molar-refractivity contribution in [3.8, 4) is 0 Å². The molecule has 0 fully saturated rings. The van der Waals surface area contributed by atoms with Gasteiger partial charge in [-0.3, -0.25) is 19.6 Å². The zero-order valence-electron chi connectivity index (χ0n) is 11.9. The zero-order valence-corrected chi connectivity index (χ0v) is 12.8. The summed E-state index contributed by atoms with van der Waals surface area (Å²) in [6.45, 7) is 0. The van der Waals surface area contributed by atoms with Crippen LogP contribution in [0.2, 0.25) is 0 Å². The van der Waals surface area contributed by atoms with Crippen LogP contribution in [0.15, 0.2) is 16.9 Å². The summed E-state index contributed by atoms with van der Waals surface area (Å²) in [7, 11) is -0.426. The Morgan fingerprint density at radius 3 is 2.50 bits per heavy atom. The number of rotatable bonds is 4. The Labute approximate surface area is 125 Å². The molecular weight excluding hydrogens is 314 g/mol. The molecule has 2 rings (SSSR count). The van der Waals surface area contributed by atoms with Gasteiger partial charge in [0.25, 0.3) is 11.2 Å². The number of nitro benzene ring substituents is 1. The van der Waals surface area contributed by atoms with Crippen LogP contribution in [0.4, 0.5) is 17.2 Å². The van der Waals surface area contributed by atoms with Crippen LogP contribution in [0.1, 0.15) is 0 Å². The summed E-state index contributed by atoms with van der Waals surface area (Å²) in [5.41, 5.74) is -0.340. The van der Waals surface area contributed by atoms with Crippen LogP contribution in [0.5, 0.6) is 0 Å². The summed E-state index contributed by atoms with van der Waals surface area (Å²) in [6.07, 6.45) is 0.888. The second-order valence-corrected chi connectivity index (χ2v) is 6.55. The number of aromatic nitrogens is 2. The van der Waals surface area contributed by atoms with Gasteiger partial charge in [-0.1, -0.05) is 0 Å². The van der Waals surface area contributed by atoms with Crippen LogP contribution < -0.4 is 15.2 Å². The first-order chi connectivity index (χ1) is 10.1. The van der Waals surface area contributed by atoms with E-state index in [2.05, 4.69) is 9.97 Å². The topological polar surface area (TPSA) is 138 Å². The molecule has 2 aromatic rings. The van der Waals surface area contributed by atoms with Crippen molar-refractivity contribution in [2.75, 3.05) is 30.0 Å². The molecule has 1 heterocycles. The van der Waals surface area contributed by atoms with E-state index in [1.165, 1.54) is 17.0 Å². The number of benzene rings is 1. The number of hydrogen-bond donors (Lipinski definition) is 2. The van der Waals surface area contributed by atoms with Gasteiger partial charge in [-0.25, -0.2) is 13.4 Å². The zero-order chi connectivity index (χ0) is 16.7. The number of sulfonamides is 1. The highest BCUT2D eigenvalue weighted by Crippen LogP contribution is 2.30. The normalized spacial score (nSPS) is 11.4. The molecule has 0 radical (unpaired) electrons. The van der Waals surface area contributed by atoms with Crippen molar-refractivity contribution in [2.24, 2.45) is 0 Å². The molecule has 118 valence electrons. The quantitative estimate of drug-likeness (QED) is 0.607. The van der Waals surface area contributed by atoms with Crippen molar-refractivity contribution in [2.45, 2.75) is 0 Å². The highest BCUT2D eigenvalue weighted by Gasteiger charge is 2.19. The van der Waals surface area contributed by atoms with E-state index in [1.807, 2.05) is 4.72 Å². The van der Waals surface area contributed by atoms with Gasteiger partial charge in [0, 0.05) is 20.2 Å². The Morgan fingerprint density at radius 1 is 1.36 bits per heavy atom. The summed E-state index contributed by atoms with van der Waals surface area (Å²) in [5, 5.41) is 11.1. The molecule has 0 atom stereocenters. The highest BCUT2D eigenvalue weighted by molar-refractivity contribution is 7.92. The first-order valence-electron chi connectivity index (χ1n) is 5.96. The molecule has 0 aliphatic heterocycles. The molecule has 0 aliphatic carbocycles. The van der Waals surface area contributed by atoms with E-state index in [0.717, 1.165) is 6.26 Å². The molecule has 0 spiro atoms. The summed E-state index contributed by atoms with van der Waals surface area (Å²) in [4.78, 5) is 30.1. The number of nitrogens with zero attached hydrogens (tertiary/aromatic N) is 3. The molecule has 0 saturated heterocycles. The fourth-order valence-electron chi connectivity index (χ4n) is 1.86. The molecule has 0 amide bonds. The Bertz CT molecular complexity index is 918. The lowest BCUT2D eigenvalue weighted by molar-refractivity contribution is -0.384. The highest BCUT2D eigenvalue weighted by atomic mass is 32.2. The maximum Gasteiger partial charge on any atom is 0.294 e. The van der Waals surface area contributed by atoms with Crippen LogP contribution in [-0.2, 0) is 10.0 Å². The molecule has 2 N–H and O–H groups in total. The lowest BCUT2D eigenvalue weighted by atomic mass is 10.2. The fraction of sp³-hybridized carbons (Fsp3) is 0.273. The Morgan fingerprint density at radius 2 is 2.00 bits per heavy atom. The second-order valence-electron chi connectivity index (χ2n) is 4.80. The maximum absolute atomic E-state index is 11.8. The lowest BCUT2D eigenvalue weighted by Crippen LogP contribution is -2.21. The Balaban J connectivity index is 2.74. The van der Waals surface area contributed by atoms with E-state index in [4.69, 9.17) is 0 Å². The number of anilines is 2. The van der Waals surface area contributed by atoms with E-state index in [0.29, 0.717) is 0 Å². The van der Waals surface area contributed by atoms with Crippen molar-refractivity contribution >= 4 is 38.2 Å². The van der Waals surface area contributed by atoms with Gasteiger partial charge in [-0.15, -0.1) is 0 Å². The van der Waals surface area contributed by atoms with Crippen molar-refractivity contribution in [1.29, 1.82) is 0 Å². The second kappa shape index (κ2) is 5.26. The van der Waals surface area contributed by atoms with Crippen LogP contribution >= 0.6 is 0 Å². The van der Waals surface area contributed by atoms with Gasteiger partial charge in [-0.2, -0.15) is 0 Å². The maximum atomic E-state index is 11.8. The van der Waals surface area contributed by atoms with Crippen molar-refractivity contribution < 1.29 is 13.3 Å². The number of aromatic amines is 1. The third kappa shape index (κ3) is 3.14. The van der Waals surface area contributed by atoms with Gasteiger partial charge in [-0.05, 0) is 6.07 Å². The van der Waals surface area contributed by atoms with Gasteiger partial charge >= 0.3 is 0 Å². The largest absolute Gasteiger partial charge is 0.372 e. The summed E-state index contributed by atoms with van der Waals surface area (Å²) < 4.78 is 24.4. The van der Waals surface area contributed by atoms with Gasteiger partial charge in [0.1, 0.15) is 5.69 Å². The van der Waals surface area contributed by atoms with Crippen LogP contribution in [0, 0.1) is 10.1 Å². The Hall–Kier alpha value is -2.69. The number of nitrogens with one attached hydrogen (secondary N) is 2. The lowest BCUT2D eigenvalue weighted by Gasteiger charge is -2.13. The molecule has 10 nitrogen and oxygen atoms in total. The van der Waals surface area contributed by atoms with E-state index < -0.39 is 26.3 Å². The standard InChI is InChI=1S/C11H13N5O5S/c1-15(2)8-4-6-7(5-9(8)16(18)19)13-11(17)10(12-6)14-22(3,20)21/h4-5H,1-3H3,(H,12,14)(H,13,17). The summed E-state index contributed by atoms with van der Waals surface area (Å²) >= 11 is 0. The number of fused-ring (bicyclic) bond motifs is 1. The van der Waals surface area contributed by atoms with Crippen molar-refractivity contribution in [3.05, 3.63) is 32.6 Å². The predicted molar refractivity (Wildman–Crippen MR) is 81.8 cm³/mol. The molecule has 0 aliphatic rings. The van der Waals surface area contributed by atoms with E-state index in [9.17, 15) is 23.3 Å². The van der Waals surface area contributed by atoms with Crippen molar-refractivity contribution in [1.82, 2.24) is 9.97 Å².